The van der Waals surface area contributed by atoms with Crippen LogP contribution >= 0.6 is 0 Å². The predicted molar refractivity (Wildman–Crippen MR) is 111 cm³/mol. The fraction of sp³-hybridized carbons (Fsp3) is 0.857. The maximum atomic E-state index is 12.7. The Labute approximate surface area is 174 Å². The first-order chi connectivity index (χ1) is 13.9. The van der Waals surface area contributed by atoms with E-state index >= 15 is 0 Å². The van der Waals surface area contributed by atoms with Crippen molar-refractivity contribution in [2.24, 2.45) is 5.73 Å². The van der Waals surface area contributed by atoms with E-state index in [0.717, 1.165) is 45.1 Å². The molecule has 1 heterocycles. The van der Waals surface area contributed by atoms with E-state index in [-0.39, 0.29) is 18.5 Å². The van der Waals surface area contributed by atoms with E-state index in [1.54, 1.807) is 13.8 Å². The van der Waals surface area contributed by atoms with Crippen molar-refractivity contribution < 1.29 is 24.2 Å². The van der Waals surface area contributed by atoms with E-state index in [4.69, 9.17) is 10.5 Å². The summed E-state index contributed by atoms with van der Waals surface area (Å²) >= 11 is 0. The molecule has 8 nitrogen and oxygen atoms in total. The third-order valence-electron chi connectivity index (χ3n) is 5.41. The number of likely N-dealkylation sites (tertiary alicyclic amines) is 1. The molecule has 1 aliphatic heterocycles. The fourth-order valence-electron chi connectivity index (χ4n) is 3.80. The van der Waals surface area contributed by atoms with Gasteiger partial charge in [-0.2, -0.15) is 0 Å². The summed E-state index contributed by atoms with van der Waals surface area (Å²) < 4.78 is 5.16. The molecule has 0 spiro atoms. The number of esters is 1. The monoisotopic (exact) mass is 413 g/mol. The lowest BCUT2D eigenvalue weighted by molar-refractivity contribution is -0.150. The third-order valence-corrected chi connectivity index (χ3v) is 5.41. The minimum absolute atomic E-state index is 0.274. The molecule has 8 heteroatoms. The zero-order valence-electron chi connectivity index (χ0n) is 18.0. The molecule has 3 atom stereocenters. The number of nitrogens with two attached hydrogens (primary N) is 1. The molecule has 0 unspecified atom stereocenters. The van der Waals surface area contributed by atoms with Gasteiger partial charge in [-0.15, -0.1) is 0 Å². The third kappa shape index (κ3) is 9.12. The van der Waals surface area contributed by atoms with Gasteiger partial charge in [0, 0.05) is 6.54 Å². The first-order valence-corrected chi connectivity index (χ1v) is 11.1. The summed E-state index contributed by atoms with van der Waals surface area (Å²) in [5.74, 6) is -1.60. The average Bonchev–Trinajstić information content (AvgIpc) is 3.18. The molecule has 1 amide bonds. The lowest BCUT2D eigenvalue weighted by Crippen LogP contribution is -2.53. The molecule has 1 saturated heterocycles. The zero-order chi connectivity index (χ0) is 21.6. The summed E-state index contributed by atoms with van der Waals surface area (Å²) in [7, 11) is 0. The second kappa shape index (κ2) is 14.3. The van der Waals surface area contributed by atoms with Gasteiger partial charge in [-0.3, -0.25) is 14.9 Å². The highest BCUT2D eigenvalue weighted by atomic mass is 16.5. The lowest BCUT2D eigenvalue weighted by Gasteiger charge is -2.27. The van der Waals surface area contributed by atoms with Crippen LogP contribution in [0.15, 0.2) is 0 Å². The van der Waals surface area contributed by atoms with Crippen LogP contribution in [0.25, 0.3) is 0 Å². The molecule has 29 heavy (non-hydrogen) atoms. The van der Waals surface area contributed by atoms with Gasteiger partial charge in [-0.25, -0.2) is 4.79 Å². The summed E-state index contributed by atoms with van der Waals surface area (Å²) in [6.07, 6.45) is 9.34. The van der Waals surface area contributed by atoms with Crippen LogP contribution in [0.5, 0.6) is 0 Å². The average molecular weight is 414 g/mol. The van der Waals surface area contributed by atoms with Crippen molar-refractivity contribution in [1.82, 2.24) is 10.2 Å². The second-order valence-electron chi connectivity index (χ2n) is 7.77. The van der Waals surface area contributed by atoms with Crippen LogP contribution < -0.4 is 11.1 Å². The van der Waals surface area contributed by atoms with Crippen molar-refractivity contribution >= 4 is 17.8 Å². The number of hydrogen-bond acceptors (Lipinski definition) is 6. The Morgan fingerprint density at radius 2 is 1.76 bits per heavy atom. The number of nitrogens with zero attached hydrogens (tertiary/aromatic N) is 1. The van der Waals surface area contributed by atoms with E-state index in [9.17, 15) is 19.5 Å². The van der Waals surface area contributed by atoms with Gasteiger partial charge in [0.1, 0.15) is 12.1 Å². The molecule has 0 aromatic carbocycles. The van der Waals surface area contributed by atoms with Crippen molar-refractivity contribution in [3.05, 3.63) is 0 Å². The van der Waals surface area contributed by atoms with Crippen molar-refractivity contribution in [2.75, 3.05) is 19.7 Å². The molecule has 4 N–H and O–H groups in total. The van der Waals surface area contributed by atoms with Crippen LogP contribution in [0.4, 0.5) is 0 Å². The molecule has 0 saturated carbocycles. The van der Waals surface area contributed by atoms with E-state index in [1.165, 1.54) is 11.3 Å². The molecule has 1 rings (SSSR count). The van der Waals surface area contributed by atoms with Gasteiger partial charge in [-0.05, 0) is 46.1 Å². The summed E-state index contributed by atoms with van der Waals surface area (Å²) in [6.45, 7) is 4.91. The van der Waals surface area contributed by atoms with Gasteiger partial charge < -0.3 is 20.5 Å². The van der Waals surface area contributed by atoms with Gasteiger partial charge in [0.15, 0.2) is 0 Å². The molecule has 0 aliphatic carbocycles. The highest BCUT2D eigenvalue weighted by Gasteiger charge is 2.36. The molecular weight excluding hydrogens is 374 g/mol. The maximum absolute atomic E-state index is 12.7. The largest absolute Gasteiger partial charge is 0.480 e. The Hall–Kier alpha value is -1.67. The Balaban J connectivity index is 2.49. The number of aliphatic carboxylic acids is 1. The molecule has 0 aromatic rings. The number of carboxylic acids is 1. The minimum atomic E-state index is -0.976. The first-order valence-electron chi connectivity index (χ1n) is 11.1. The van der Waals surface area contributed by atoms with Crippen LogP contribution in [-0.2, 0) is 19.1 Å². The van der Waals surface area contributed by atoms with Crippen LogP contribution in [0.2, 0.25) is 0 Å². The highest BCUT2D eigenvalue weighted by Crippen LogP contribution is 2.19. The van der Waals surface area contributed by atoms with Crippen LogP contribution in [0, 0.1) is 0 Å². The first kappa shape index (κ1) is 25.4. The number of amides is 1. The predicted octanol–water partition coefficient (Wildman–Crippen LogP) is 2.05. The maximum Gasteiger partial charge on any atom is 0.326 e. The summed E-state index contributed by atoms with van der Waals surface area (Å²) in [4.78, 5) is 37.8. The molecule has 1 fully saturated rings. The molecule has 0 radical (unpaired) electrons. The Kier molecular flexibility index (Phi) is 12.5. The normalized spacial score (nSPS) is 18.4. The van der Waals surface area contributed by atoms with Gasteiger partial charge >= 0.3 is 11.9 Å². The van der Waals surface area contributed by atoms with Crippen molar-refractivity contribution in [3.8, 4) is 0 Å². The number of ether oxygens (including phenoxy) is 1. The van der Waals surface area contributed by atoms with Gasteiger partial charge in [0.25, 0.3) is 0 Å². The summed E-state index contributed by atoms with van der Waals surface area (Å²) in [6, 6.07) is -1.97. The minimum Gasteiger partial charge on any atom is -0.480 e. The zero-order valence-corrected chi connectivity index (χ0v) is 18.0. The summed E-state index contributed by atoms with van der Waals surface area (Å²) in [5.41, 5.74) is 5.49. The Morgan fingerprint density at radius 1 is 1.14 bits per heavy atom. The van der Waals surface area contributed by atoms with Crippen molar-refractivity contribution in [1.29, 1.82) is 0 Å². The Morgan fingerprint density at radius 3 is 2.34 bits per heavy atom. The molecule has 0 bridgehead atoms. The van der Waals surface area contributed by atoms with Gasteiger partial charge in [0.05, 0.1) is 12.6 Å². The van der Waals surface area contributed by atoms with Gasteiger partial charge in [-0.1, -0.05) is 38.5 Å². The molecule has 168 valence electrons. The quantitative estimate of drug-likeness (QED) is 0.277. The number of nitrogens with one attached hydrogen (secondary N) is 1. The van der Waals surface area contributed by atoms with E-state index in [1.807, 2.05) is 0 Å². The number of rotatable bonds is 15. The van der Waals surface area contributed by atoms with Crippen molar-refractivity contribution in [2.45, 2.75) is 96.2 Å². The number of carbonyl (C=O) groups excluding carboxylic acids is 2. The lowest BCUT2D eigenvalue weighted by atomic mass is 10.0. The summed E-state index contributed by atoms with van der Waals surface area (Å²) in [5, 5.41) is 12.4. The van der Waals surface area contributed by atoms with Crippen LogP contribution in [0.1, 0.15) is 78.1 Å². The number of carbonyl (C=O) groups is 3. The standard InChI is InChI=1S/C21H39N3O5/c1-3-29-21(28)17(12-9-7-5-4-6-8-10-14-22)23-16(2)19(25)24-15-11-13-18(24)20(26)27/h16-18,23H,3-15,22H2,1-2H3,(H,26,27)/t16-,17-,18-/m0/s1. The van der Waals surface area contributed by atoms with Crippen LogP contribution in [-0.4, -0.2) is 65.7 Å². The highest BCUT2D eigenvalue weighted by molar-refractivity contribution is 5.88. The number of unbranched alkanes of at least 4 members (excludes halogenated alkanes) is 6. The topological polar surface area (TPSA) is 122 Å². The SMILES string of the molecule is CCOC(=O)[C@H](CCCCCCCCCN)N[C@@H](C)C(=O)N1CCC[C@H]1C(=O)O. The molecule has 1 aliphatic rings. The van der Waals surface area contributed by atoms with Gasteiger partial charge in [0.2, 0.25) is 5.91 Å². The smallest absolute Gasteiger partial charge is 0.326 e. The van der Waals surface area contributed by atoms with Crippen molar-refractivity contribution in [3.63, 3.8) is 0 Å². The van der Waals surface area contributed by atoms with Crippen LogP contribution in [0.3, 0.4) is 0 Å². The van der Waals surface area contributed by atoms with E-state index in [0.29, 0.717) is 25.8 Å². The number of hydrogen-bond donors (Lipinski definition) is 3. The molecule has 0 aromatic heterocycles. The van der Waals surface area contributed by atoms with E-state index < -0.39 is 24.1 Å². The number of carboxylic acid groups (broad SMARTS) is 1. The Bertz CT molecular complexity index is 515. The second-order valence-corrected chi connectivity index (χ2v) is 7.77. The molecular formula is C21H39N3O5. The van der Waals surface area contributed by atoms with E-state index in [2.05, 4.69) is 5.32 Å². The fourth-order valence-corrected chi connectivity index (χ4v) is 3.80.